The first-order valence-electron chi connectivity index (χ1n) is 10.1. The van der Waals surface area contributed by atoms with Gasteiger partial charge in [-0.05, 0) is 25.2 Å². The SMILES string of the molecule is Br.CCCCCCCCCCCCCCCCPCCCC. The Kier molecular flexibility index (Phi) is 27.6. The summed E-state index contributed by atoms with van der Waals surface area (Å²) in [5.41, 5.74) is 0. The fourth-order valence-electron chi connectivity index (χ4n) is 2.87. The second-order valence-electron chi connectivity index (χ2n) is 6.70. The van der Waals surface area contributed by atoms with E-state index in [0.29, 0.717) is 0 Å². The molecule has 0 bridgehead atoms. The summed E-state index contributed by atoms with van der Waals surface area (Å²) in [6.45, 7) is 4.60. The van der Waals surface area contributed by atoms with Gasteiger partial charge in [-0.25, -0.2) is 0 Å². The summed E-state index contributed by atoms with van der Waals surface area (Å²) in [6, 6.07) is 0. The molecule has 136 valence electrons. The van der Waals surface area contributed by atoms with Gasteiger partial charge in [0.1, 0.15) is 0 Å². The Morgan fingerprint density at radius 2 is 0.727 bits per heavy atom. The van der Waals surface area contributed by atoms with E-state index in [9.17, 15) is 0 Å². The summed E-state index contributed by atoms with van der Waals surface area (Å²) in [6.07, 6.45) is 26.5. The van der Waals surface area contributed by atoms with Crippen LogP contribution in [0.4, 0.5) is 0 Å². The first kappa shape index (κ1) is 25.2. The summed E-state index contributed by atoms with van der Waals surface area (Å²) < 4.78 is 0. The normalized spacial score (nSPS) is 11.2. The van der Waals surface area contributed by atoms with Gasteiger partial charge in [-0.3, -0.25) is 0 Å². The number of hydrogen-bond donors (Lipinski definition) is 0. The van der Waals surface area contributed by atoms with Crippen LogP contribution in [0.2, 0.25) is 0 Å². The van der Waals surface area contributed by atoms with Crippen molar-refractivity contribution in [1.29, 1.82) is 0 Å². The minimum Gasteiger partial charge on any atom is -0.122 e. The van der Waals surface area contributed by atoms with Gasteiger partial charge in [0, 0.05) is 0 Å². The number of halogens is 1. The minimum atomic E-state index is 0. The zero-order valence-corrected chi connectivity index (χ0v) is 18.3. The van der Waals surface area contributed by atoms with Gasteiger partial charge in [-0.15, -0.1) is 25.6 Å². The van der Waals surface area contributed by atoms with Crippen LogP contribution in [0.15, 0.2) is 0 Å². The molecule has 0 radical (unpaired) electrons. The first-order valence-corrected chi connectivity index (χ1v) is 11.5. The summed E-state index contributed by atoms with van der Waals surface area (Å²) in [5, 5.41) is 0. The molecule has 0 rings (SSSR count). The Hall–Kier alpha value is 0.910. The molecule has 1 atom stereocenters. The van der Waals surface area contributed by atoms with Crippen LogP contribution in [0.1, 0.15) is 117 Å². The fourth-order valence-corrected chi connectivity index (χ4v) is 4.22. The van der Waals surface area contributed by atoms with E-state index in [1.807, 2.05) is 0 Å². The van der Waals surface area contributed by atoms with Crippen molar-refractivity contribution in [2.75, 3.05) is 12.3 Å². The Balaban J connectivity index is 0. The number of unbranched alkanes of at least 4 members (excludes halogenated alkanes) is 14. The average Bonchev–Trinajstić information content (AvgIpc) is 2.50. The highest BCUT2D eigenvalue weighted by atomic mass is 79.9. The van der Waals surface area contributed by atoms with Crippen LogP contribution in [0.3, 0.4) is 0 Å². The summed E-state index contributed by atoms with van der Waals surface area (Å²) in [5.74, 6) is 0. The third kappa shape index (κ3) is 23.2. The van der Waals surface area contributed by atoms with Gasteiger partial charge < -0.3 is 0 Å². The third-order valence-electron chi connectivity index (χ3n) is 4.41. The number of hydrogen-bond acceptors (Lipinski definition) is 0. The van der Waals surface area contributed by atoms with E-state index in [2.05, 4.69) is 13.8 Å². The van der Waals surface area contributed by atoms with Gasteiger partial charge in [0.25, 0.3) is 0 Å². The molecule has 0 nitrogen and oxygen atoms in total. The minimum absolute atomic E-state index is 0. The summed E-state index contributed by atoms with van der Waals surface area (Å²) >= 11 is 0. The Morgan fingerprint density at radius 1 is 0.409 bits per heavy atom. The van der Waals surface area contributed by atoms with Crippen LogP contribution in [0.25, 0.3) is 0 Å². The van der Waals surface area contributed by atoms with Gasteiger partial charge in [0.05, 0.1) is 0 Å². The Morgan fingerprint density at radius 3 is 1.14 bits per heavy atom. The third-order valence-corrected chi connectivity index (χ3v) is 5.83. The van der Waals surface area contributed by atoms with Crippen molar-refractivity contribution in [3.8, 4) is 0 Å². The fraction of sp³-hybridized carbons (Fsp3) is 1.00. The predicted octanol–water partition coefficient (Wildman–Crippen LogP) is 8.52. The van der Waals surface area contributed by atoms with Crippen molar-refractivity contribution in [2.45, 2.75) is 117 Å². The molecule has 1 unspecified atom stereocenters. The molecule has 0 aliphatic carbocycles. The molecule has 0 aromatic heterocycles. The van der Waals surface area contributed by atoms with Crippen molar-refractivity contribution < 1.29 is 0 Å². The molecule has 0 aliphatic rings. The molecule has 0 aliphatic heterocycles. The van der Waals surface area contributed by atoms with E-state index in [-0.39, 0.29) is 17.0 Å². The average molecular weight is 395 g/mol. The first-order chi connectivity index (χ1) is 10.4. The van der Waals surface area contributed by atoms with Gasteiger partial charge in [-0.1, -0.05) is 104 Å². The largest absolute Gasteiger partial charge is 0.122 e. The smallest absolute Gasteiger partial charge is 0.0353 e. The molecule has 22 heavy (non-hydrogen) atoms. The highest BCUT2D eigenvalue weighted by Gasteiger charge is 1.94. The lowest BCUT2D eigenvalue weighted by Gasteiger charge is -2.03. The maximum absolute atomic E-state index is 2.30. The van der Waals surface area contributed by atoms with Crippen molar-refractivity contribution in [1.82, 2.24) is 0 Å². The van der Waals surface area contributed by atoms with Crippen LogP contribution in [0.5, 0.6) is 0 Å². The Labute approximate surface area is 154 Å². The van der Waals surface area contributed by atoms with Crippen LogP contribution in [0, 0.1) is 0 Å². The molecule has 0 aromatic carbocycles. The standard InChI is InChI=1S/C20H43P.BrH/c1-3-5-7-8-9-10-11-12-13-14-15-16-17-18-20-21-19-6-4-2;/h21H,3-20H2,1-2H3;1H. The van der Waals surface area contributed by atoms with Crippen LogP contribution in [-0.4, -0.2) is 12.3 Å². The molecule has 0 fully saturated rings. The van der Waals surface area contributed by atoms with Crippen LogP contribution >= 0.6 is 25.6 Å². The molecule has 0 amide bonds. The maximum Gasteiger partial charge on any atom is -0.0353 e. The quantitative estimate of drug-likeness (QED) is 0.161. The maximum atomic E-state index is 2.30. The lowest BCUT2D eigenvalue weighted by molar-refractivity contribution is 0.538. The molecule has 2 heteroatoms. The van der Waals surface area contributed by atoms with E-state index in [1.54, 1.807) is 0 Å². The van der Waals surface area contributed by atoms with Gasteiger partial charge in [0.15, 0.2) is 0 Å². The topological polar surface area (TPSA) is 0 Å². The van der Waals surface area contributed by atoms with Crippen molar-refractivity contribution >= 4 is 25.6 Å². The van der Waals surface area contributed by atoms with Crippen LogP contribution in [-0.2, 0) is 0 Å². The second kappa shape index (κ2) is 24.2. The van der Waals surface area contributed by atoms with E-state index >= 15 is 0 Å². The molecular formula is C20H44BrP. The van der Waals surface area contributed by atoms with E-state index in [4.69, 9.17) is 0 Å². The van der Waals surface area contributed by atoms with Crippen molar-refractivity contribution in [2.24, 2.45) is 0 Å². The molecule has 0 saturated heterocycles. The monoisotopic (exact) mass is 394 g/mol. The van der Waals surface area contributed by atoms with Crippen molar-refractivity contribution in [3.05, 3.63) is 0 Å². The van der Waals surface area contributed by atoms with Gasteiger partial charge in [0.2, 0.25) is 0 Å². The summed E-state index contributed by atoms with van der Waals surface area (Å²) in [4.78, 5) is 0. The number of rotatable bonds is 18. The zero-order valence-electron chi connectivity index (χ0n) is 15.6. The zero-order chi connectivity index (χ0) is 15.4. The van der Waals surface area contributed by atoms with Crippen molar-refractivity contribution in [3.63, 3.8) is 0 Å². The molecular weight excluding hydrogens is 351 g/mol. The lowest BCUT2D eigenvalue weighted by atomic mass is 10.0. The molecule has 0 aromatic rings. The van der Waals surface area contributed by atoms with Gasteiger partial charge in [-0.2, -0.15) is 0 Å². The highest BCUT2D eigenvalue weighted by molar-refractivity contribution is 8.93. The van der Waals surface area contributed by atoms with E-state index in [0.717, 1.165) is 0 Å². The second-order valence-corrected chi connectivity index (χ2v) is 8.20. The van der Waals surface area contributed by atoms with E-state index in [1.165, 1.54) is 124 Å². The molecule has 0 heterocycles. The van der Waals surface area contributed by atoms with Crippen LogP contribution < -0.4 is 0 Å². The Bertz CT molecular complexity index is 155. The van der Waals surface area contributed by atoms with E-state index < -0.39 is 0 Å². The highest BCUT2D eigenvalue weighted by Crippen LogP contribution is 2.17. The molecule has 0 spiro atoms. The predicted molar refractivity (Wildman–Crippen MR) is 114 cm³/mol. The molecule has 0 saturated carbocycles. The molecule has 0 N–H and O–H groups in total. The lowest BCUT2D eigenvalue weighted by Crippen LogP contribution is -1.84. The summed E-state index contributed by atoms with van der Waals surface area (Å²) in [7, 11) is 1.25. The van der Waals surface area contributed by atoms with Gasteiger partial charge >= 0.3 is 0 Å².